The lowest BCUT2D eigenvalue weighted by molar-refractivity contribution is -0.124. The zero-order valence-corrected chi connectivity index (χ0v) is 12.9. The number of nitrogens with one attached hydrogen (secondary N) is 1. The van der Waals surface area contributed by atoms with Gasteiger partial charge in [-0.1, -0.05) is 27.2 Å². The lowest BCUT2D eigenvalue weighted by Crippen LogP contribution is -2.51. The summed E-state index contributed by atoms with van der Waals surface area (Å²) in [5.74, 6) is 0.912. The first kappa shape index (κ1) is 14.4. The van der Waals surface area contributed by atoms with E-state index in [0.29, 0.717) is 5.92 Å². The van der Waals surface area contributed by atoms with Crippen molar-refractivity contribution in [3.8, 4) is 0 Å². The highest BCUT2D eigenvalue weighted by atomic mass is 32.1. The van der Waals surface area contributed by atoms with Gasteiger partial charge in [-0.2, -0.15) is 11.3 Å². The number of anilines is 1. The first-order chi connectivity index (χ1) is 9.10. The van der Waals surface area contributed by atoms with Gasteiger partial charge in [0.2, 0.25) is 5.91 Å². The maximum atomic E-state index is 11.9. The minimum Gasteiger partial charge on any atom is -0.369 e. The number of carbonyl (C=O) groups is 1. The number of carbonyl (C=O) groups excluding carboxylic acids is 1. The van der Waals surface area contributed by atoms with Gasteiger partial charge >= 0.3 is 0 Å². The van der Waals surface area contributed by atoms with Crippen LogP contribution in [0.2, 0.25) is 0 Å². The van der Waals surface area contributed by atoms with Crippen molar-refractivity contribution in [3.63, 3.8) is 0 Å². The molecule has 2 unspecified atom stereocenters. The maximum Gasteiger partial charge on any atom is 0.222 e. The second-order valence-corrected chi connectivity index (χ2v) is 6.54. The van der Waals surface area contributed by atoms with Crippen molar-refractivity contribution in [2.75, 3.05) is 18.0 Å². The SMILES string of the molecule is CCC1CC(NC(=O)C(C)C)CN(c2ccsc2)C1. The first-order valence-electron chi connectivity index (χ1n) is 7.17. The Morgan fingerprint density at radius 2 is 2.32 bits per heavy atom. The molecule has 0 bridgehead atoms. The van der Waals surface area contributed by atoms with Crippen LogP contribution in [0.25, 0.3) is 0 Å². The molecule has 1 aromatic rings. The van der Waals surface area contributed by atoms with Crippen LogP contribution in [0.3, 0.4) is 0 Å². The third-order valence-electron chi connectivity index (χ3n) is 3.86. The molecule has 19 heavy (non-hydrogen) atoms. The highest BCUT2D eigenvalue weighted by Gasteiger charge is 2.28. The van der Waals surface area contributed by atoms with E-state index in [-0.39, 0.29) is 17.9 Å². The summed E-state index contributed by atoms with van der Waals surface area (Å²) < 4.78 is 0. The summed E-state index contributed by atoms with van der Waals surface area (Å²) in [6.45, 7) is 8.19. The Balaban J connectivity index is 2.02. The molecular formula is C15H24N2OS. The molecule has 1 aliphatic rings. The Bertz CT molecular complexity index is 402. The smallest absolute Gasteiger partial charge is 0.222 e. The zero-order chi connectivity index (χ0) is 13.8. The normalized spacial score (nSPS) is 23.7. The van der Waals surface area contributed by atoms with Crippen molar-refractivity contribution >= 4 is 22.9 Å². The van der Waals surface area contributed by atoms with Gasteiger partial charge in [0, 0.05) is 36.1 Å². The van der Waals surface area contributed by atoms with E-state index in [2.05, 4.69) is 34.0 Å². The molecule has 0 radical (unpaired) electrons. The quantitative estimate of drug-likeness (QED) is 0.919. The largest absolute Gasteiger partial charge is 0.369 e. The molecule has 0 spiro atoms. The third kappa shape index (κ3) is 3.72. The lowest BCUT2D eigenvalue weighted by atomic mass is 9.91. The highest BCUT2D eigenvalue weighted by molar-refractivity contribution is 7.08. The molecule has 1 fully saturated rings. The average Bonchev–Trinajstić information content (AvgIpc) is 2.92. The van der Waals surface area contributed by atoms with Crippen LogP contribution >= 0.6 is 11.3 Å². The summed E-state index contributed by atoms with van der Waals surface area (Å²) in [6, 6.07) is 2.46. The van der Waals surface area contributed by atoms with Crippen LogP contribution in [0.15, 0.2) is 16.8 Å². The third-order valence-corrected chi connectivity index (χ3v) is 4.53. The fourth-order valence-electron chi connectivity index (χ4n) is 2.62. The molecule has 2 rings (SSSR count). The van der Waals surface area contributed by atoms with E-state index in [1.54, 1.807) is 11.3 Å². The van der Waals surface area contributed by atoms with Crippen molar-refractivity contribution in [2.24, 2.45) is 11.8 Å². The molecule has 2 atom stereocenters. The van der Waals surface area contributed by atoms with Gasteiger partial charge in [-0.25, -0.2) is 0 Å². The first-order valence-corrected chi connectivity index (χ1v) is 8.12. The van der Waals surface area contributed by atoms with Gasteiger partial charge in [0.1, 0.15) is 0 Å². The van der Waals surface area contributed by atoms with Gasteiger partial charge in [0.15, 0.2) is 0 Å². The number of hydrogen-bond donors (Lipinski definition) is 1. The van der Waals surface area contributed by atoms with Gasteiger partial charge in [-0.15, -0.1) is 0 Å². The standard InChI is InChI=1S/C15H24N2OS/c1-4-12-7-13(16-15(18)11(2)3)9-17(8-12)14-5-6-19-10-14/h5-6,10-13H,4,7-9H2,1-3H3,(H,16,18). The van der Waals surface area contributed by atoms with E-state index < -0.39 is 0 Å². The topological polar surface area (TPSA) is 32.3 Å². The molecule has 1 amide bonds. The Kier molecular flexibility index (Phi) is 4.86. The number of amides is 1. The minimum absolute atomic E-state index is 0.0663. The molecule has 1 aromatic heterocycles. The predicted octanol–water partition coefficient (Wildman–Crippen LogP) is 3.13. The zero-order valence-electron chi connectivity index (χ0n) is 12.1. The summed E-state index contributed by atoms with van der Waals surface area (Å²) in [6.07, 6.45) is 2.28. The monoisotopic (exact) mass is 280 g/mol. The molecule has 4 heteroatoms. The molecule has 106 valence electrons. The van der Waals surface area contributed by atoms with Gasteiger partial charge in [0.05, 0.1) is 0 Å². The molecule has 0 aliphatic carbocycles. The Morgan fingerprint density at radius 3 is 2.89 bits per heavy atom. The van der Waals surface area contributed by atoms with Crippen LogP contribution in [0.1, 0.15) is 33.6 Å². The number of hydrogen-bond acceptors (Lipinski definition) is 3. The number of piperidine rings is 1. The Morgan fingerprint density at radius 1 is 1.53 bits per heavy atom. The van der Waals surface area contributed by atoms with Crippen molar-refractivity contribution in [1.29, 1.82) is 0 Å². The van der Waals surface area contributed by atoms with Gasteiger partial charge < -0.3 is 10.2 Å². The minimum atomic E-state index is 0.0663. The van der Waals surface area contributed by atoms with E-state index >= 15 is 0 Å². The van der Waals surface area contributed by atoms with E-state index in [9.17, 15) is 4.79 Å². The second kappa shape index (κ2) is 6.42. The molecule has 0 saturated carbocycles. The highest BCUT2D eigenvalue weighted by Crippen LogP contribution is 2.26. The van der Waals surface area contributed by atoms with Crippen LogP contribution < -0.4 is 10.2 Å². The van der Waals surface area contributed by atoms with E-state index in [1.807, 2.05) is 13.8 Å². The molecule has 1 aliphatic heterocycles. The van der Waals surface area contributed by atoms with Gasteiger partial charge in [0.25, 0.3) is 0 Å². The maximum absolute atomic E-state index is 11.9. The average molecular weight is 280 g/mol. The summed E-state index contributed by atoms with van der Waals surface area (Å²) in [7, 11) is 0. The summed E-state index contributed by atoms with van der Waals surface area (Å²) in [5.41, 5.74) is 1.30. The van der Waals surface area contributed by atoms with Crippen LogP contribution in [0, 0.1) is 11.8 Å². The van der Waals surface area contributed by atoms with Crippen molar-refractivity contribution in [1.82, 2.24) is 5.32 Å². The fraction of sp³-hybridized carbons (Fsp3) is 0.667. The van der Waals surface area contributed by atoms with Crippen LogP contribution in [-0.4, -0.2) is 25.0 Å². The molecular weight excluding hydrogens is 256 g/mol. The molecule has 1 N–H and O–H groups in total. The summed E-state index contributed by atoms with van der Waals surface area (Å²) in [4.78, 5) is 14.3. The Labute approximate surface area is 120 Å². The second-order valence-electron chi connectivity index (χ2n) is 5.76. The van der Waals surface area contributed by atoms with Gasteiger partial charge in [-0.3, -0.25) is 4.79 Å². The molecule has 0 aromatic carbocycles. The number of nitrogens with zero attached hydrogens (tertiary/aromatic N) is 1. The molecule has 3 nitrogen and oxygen atoms in total. The number of rotatable bonds is 4. The van der Waals surface area contributed by atoms with Crippen molar-refractivity contribution in [3.05, 3.63) is 16.8 Å². The molecule has 2 heterocycles. The van der Waals surface area contributed by atoms with Gasteiger partial charge in [-0.05, 0) is 23.8 Å². The van der Waals surface area contributed by atoms with E-state index in [1.165, 1.54) is 12.1 Å². The molecule has 1 saturated heterocycles. The summed E-state index contributed by atoms with van der Waals surface area (Å²) >= 11 is 1.73. The fourth-order valence-corrected chi connectivity index (χ4v) is 3.28. The van der Waals surface area contributed by atoms with Crippen LogP contribution in [0.5, 0.6) is 0 Å². The van der Waals surface area contributed by atoms with E-state index in [0.717, 1.165) is 19.5 Å². The summed E-state index contributed by atoms with van der Waals surface area (Å²) in [5, 5.41) is 7.51. The van der Waals surface area contributed by atoms with Crippen LogP contribution in [0.4, 0.5) is 5.69 Å². The van der Waals surface area contributed by atoms with Crippen molar-refractivity contribution < 1.29 is 4.79 Å². The van der Waals surface area contributed by atoms with Crippen LogP contribution in [-0.2, 0) is 4.79 Å². The van der Waals surface area contributed by atoms with Crippen molar-refractivity contribution in [2.45, 2.75) is 39.7 Å². The number of thiophene rings is 1. The van der Waals surface area contributed by atoms with E-state index in [4.69, 9.17) is 0 Å². The lowest BCUT2D eigenvalue weighted by Gasteiger charge is -2.39. The Hall–Kier alpha value is -1.03. The predicted molar refractivity (Wildman–Crippen MR) is 81.7 cm³/mol.